The highest BCUT2D eigenvalue weighted by Crippen LogP contribution is 2.17. The Morgan fingerprint density at radius 1 is 1.39 bits per heavy atom. The summed E-state index contributed by atoms with van der Waals surface area (Å²) in [5.41, 5.74) is 0.0231. The number of rotatable bonds is 8. The largest absolute Gasteiger partial charge is 0.480 e. The minimum absolute atomic E-state index is 0.0231. The maximum Gasteiger partial charge on any atom is 0.326 e. The maximum atomic E-state index is 11.6. The average molecular weight is 276 g/mol. The van der Waals surface area contributed by atoms with Gasteiger partial charge in [0.1, 0.15) is 6.04 Å². The van der Waals surface area contributed by atoms with Gasteiger partial charge in [-0.05, 0) is 30.3 Å². The lowest BCUT2D eigenvalue weighted by Gasteiger charge is -2.23. The molecule has 0 aliphatic rings. The van der Waals surface area contributed by atoms with Crippen molar-refractivity contribution in [3.05, 3.63) is 0 Å². The topological polar surface area (TPSA) is 78.4 Å². The Morgan fingerprint density at radius 3 is 2.44 bits per heavy atom. The van der Waals surface area contributed by atoms with Crippen molar-refractivity contribution >= 4 is 23.8 Å². The van der Waals surface area contributed by atoms with Crippen LogP contribution >= 0.6 is 11.8 Å². The maximum absolute atomic E-state index is 11.6. The molecule has 1 atom stereocenters. The molecule has 0 spiro atoms. The predicted molar refractivity (Wildman–Crippen MR) is 75.0 cm³/mol. The summed E-state index contributed by atoms with van der Waals surface area (Å²) >= 11 is 1.56. The Labute approximate surface area is 113 Å². The summed E-state index contributed by atoms with van der Waals surface area (Å²) in [6, 6.07) is -1.23. The first-order valence-corrected chi connectivity index (χ1v) is 7.48. The van der Waals surface area contributed by atoms with Crippen LogP contribution in [0.5, 0.6) is 0 Å². The third kappa shape index (κ3) is 7.42. The highest BCUT2D eigenvalue weighted by Gasteiger charge is 2.21. The highest BCUT2D eigenvalue weighted by molar-refractivity contribution is 7.98. The number of carboxylic acids is 1. The van der Waals surface area contributed by atoms with E-state index in [1.54, 1.807) is 11.8 Å². The molecule has 3 N–H and O–H groups in total. The van der Waals surface area contributed by atoms with Crippen LogP contribution in [0, 0.1) is 5.41 Å². The van der Waals surface area contributed by atoms with Crippen molar-refractivity contribution in [1.29, 1.82) is 0 Å². The standard InChI is InChI=1S/C12H24N2O3S/c1-5-12(2,3)8-13-11(17)14-9(10(15)16)6-7-18-4/h9H,5-8H2,1-4H3,(H,15,16)(H2,13,14,17)/t9-/m1/s1. The molecule has 0 aromatic carbocycles. The molecule has 106 valence electrons. The van der Waals surface area contributed by atoms with E-state index in [1.807, 2.05) is 6.26 Å². The van der Waals surface area contributed by atoms with Gasteiger partial charge in [-0.2, -0.15) is 11.8 Å². The van der Waals surface area contributed by atoms with Crippen molar-refractivity contribution in [2.45, 2.75) is 39.7 Å². The second-order valence-electron chi connectivity index (χ2n) is 5.02. The Hall–Kier alpha value is -0.910. The summed E-state index contributed by atoms with van der Waals surface area (Å²) in [4.78, 5) is 22.5. The molecule has 6 heteroatoms. The number of thioether (sulfide) groups is 1. The van der Waals surface area contributed by atoms with Gasteiger partial charge in [0.2, 0.25) is 0 Å². The van der Waals surface area contributed by atoms with Crippen LogP contribution in [-0.2, 0) is 4.79 Å². The molecule has 0 aromatic heterocycles. The van der Waals surface area contributed by atoms with Crippen LogP contribution in [0.15, 0.2) is 0 Å². The first kappa shape index (κ1) is 17.1. The van der Waals surface area contributed by atoms with Gasteiger partial charge in [0.15, 0.2) is 0 Å². The first-order chi connectivity index (χ1) is 8.32. The third-order valence-corrected chi connectivity index (χ3v) is 3.54. The second kappa shape index (κ2) is 8.24. The molecule has 0 saturated heterocycles. The van der Waals surface area contributed by atoms with Crippen LogP contribution in [0.1, 0.15) is 33.6 Å². The minimum atomic E-state index is -0.992. The summed E-state index contributed by atoms with van der Waals surface area (Å²) in [6.45, 7) is 6.69. The zero-order valence-electron chi connectivity index (χ0n) is 11.6. The molecule has 0 unspecified atom stereocenters. The summed E-state index contributed by atoms with van der Waals surface area (Å²) in [5.74, 6) is -0.286. The minimum Gasteiger partial charge on any atom is -0.480 e. The summed E-state index contributed by atoms with van der Waals surface area (Å²) < 4.78 is 0. The quantitative estimate of drug-likeness (QED) is 0.633. The lowest BCUT2D eigenvalue weighted by Crippen LogP contribution is -2.48. The Balaban J connectivity index is 4.14. The number of carbonyl (C=O) groups is 2. The fourth-order valence-electron chi connectivity index (χ4n) is 1.15. The van der Waals surface area contributed by atoms with E-state index in [0.717, 1.165) is 6.42 Å². The van der Waals surface area contributed by atoms with Crippen molar-refractivity contribution < 1.29 is 14.7 Å². The van der Waals surface area contributed by atoms with Crippen LogP contribution in [0.4, 0.5) is 4.79 Å². The van der Waals surface area contributed by atoms with Crippen LogP contribution in [0.2, 0.25) is 0 Å². The highest BCUT2D eigenvalue weighted by atomic mass is 32.2. The van der Waals surface area contributed by atoms with Gasteiger partial charge < -0.3 is 15.7 Å². The van der Waals surface area contributed by atoms with Crippen molar-refractivity contribution in [2.24, 2.45) is 5.41 Å². The molecule has 0 aromatic rings. The Morgan fingerprint density at radius 2 is 2.00 bits per heavy atom. The predicted octanol–water partition coefficient (Wildman–Crippen LogP) is 1.93. The molecule has 0 fully saturated rings. The number of urea groups is 1. The van der Waals surface area contributed by atoms with Gasteiger partial charge in [0, 0.05) is 6.54 Å². The average Bonchev–Trinajstić information content (AvgIpc) is 2.31. The Bertz CT molecular complexity index is 282. The molecular formula is C12H24N2O3S. The Kier molecular flexibility index (Phi) is 7.82. The van der Waals surface area contributed by atoms with Crippen molar-refractivity contribution in [3.8, 4) is 0 Å². The number of hydrogen-bond donors (Lipinski definition) is 3. The van der Waals surface area contributed by atoms with Crippen molar-refractivity contribution in [2.75, 3.05) is 18.6 Å². The molecular weight excluding hydrogens is 252 g/mol. The molecule has 0 rings (SSSR count). The zero-order valence-corrected chi connectivity index (χ0v) is 12.4. The normalized spacial score (nSPS) is 12.9. The smallest absolute Gasteiger partial charge is 0.326 e. The van der Waals surface area contributed by atoms with E-state index in [-0.39, 0.29) is 5.41 Å². The molecule has 2 amide bonds. The van der Waals surface area contributed by atoms with E-state index in [0.29, 0.717) is 18.7 Å². The van der Waals surface area contributed by atoms with Gasteiger partial charge in [-0.1, -0.05) is 20.8 Å². The number of hydrogen-bond acceptors (Lipinski definition) is 3. The number of aliphatic carboxylic acids is 1. The van der Waals surface area contributed by atoms with Crippen LogP contribution in [0.25, 0.3) is 0 Å². The summed E-state index contributed by atoms with van der Waals surface area (Å²) in [7, 11) is 0. The molecule has 0 saturated carbocycles. The molecule has 5 nitrogen and oxygen atoms in total. The van der Waals surface area contributed by atoms with E-state index in [4.69, 9.17) is 5.11 Å². The molecule has 0 heterocycles. The molecule has 0 aliphatic carbocycles. The molecule has 0 radical (unpaired) electrons. The summed E-state index contributed by atoms with van der Waals surface area (Å²) in [5, 5.41) is 14.2. The third-order valence-electron chi connectivity index (χ3n) is 2.90. The van der Waals surface area contributed by atoms with Gasteiger partial charge in [0.05, 0.1) is 0 Å². The molecule has 18 heavy (non-hydrogen) atoms. The summed E-state index contributed by atoms with van der Waals surface area (Å²) in [6.07, 6.45) is 3.28. The van der Waals surface area contributed by atoms with E-state index >= 15 is 0 Å². The van der Waals surface area contributed by atoms with Crippen molar-refractivity contribution in [3.63, 3.8) is 0 Å². The lowest BCUT2D eigenvalue weighted by molar-refractivity contribution is -0.139. The number of nitrogens with one attached hydrogen (secondary N) is 2. The lowest BCUT2D eigenvalue weighted by atomic mass is 9.90. The van der Waals surface area contributed by atoms with Crippen LogP contribution in [0.3, 0.4) is 0 Å². The number of carboxylic acid groups (broad SMARTS) is 1. The monoisotopic (exact) mass is 276 g/mol. The van der Waals surface area contributed by atoms with Crippen molar-refractivity contribution in [1.82, 2.24) is 10.6 Å². The number of carbonyl (C=O) groups excluding carboxylic acids is 1. The van der Waals surface area contributed by atoms with Crippen LogP contribution in [-0.4, -0.2) is 41.7 Å². The number of amides is 2. The van der Waals surface area contributed by atoms with Gasteiger partial charge in [-0.3, -0.25) is 0 Å². The van der Waals surface area contributed by atoms with E-state index in [9.17, 15) is 9.59 Å². The van der Waals surface area contributed by atoms with E-state index in [2.05, 4.69) is 31.4 Å². The van der Waals surface area contributed by atoms with Gasteiger partial charge in [-0.25, -0.2) is 9.59 Å². The van der Waals surface area contributed by atoms with Crippen LogP contribution < -0.4 is 10.6 Å². The molecule has 0 bridgehead atoms. The zero-order chi connectivity index (χ0) is 14.2. The van der Waals surface area contributed by atoms with Gasteiger partial charge >= 0.3 is 12.0 Å². The van der Waals surface area contributed by atoms with Gasteiger partial charge in [0.25, 0.3) is 0 Å². The SMILES string of the molecule is CCC(C)(C)CNC(=O)N[C@H](CCSC)C(=O)O. The van der Waals surface area contributed by atoms with E-state index in [1.165, 1.54) is 0 Å². The fraction of sp³-hybridized carbons (Fsp3) is 0.833. The fourth-order valence-corrected chi connectivity index (χ4v) is 1.62. The molecule has 0 aliphatic heterocycles. The second-order valence-corrected chi connectivity index (χ2v) is 6.00. The van der Waals surface area contributed by atoms with E-state index < -0.39 is 18.0 Å². The first-order valence-electron chi connectivity index (χ1n) is 6.08. The van der Waals surface area contributed by atoms with Gasteiger partial charge in [-0.15, -0.1) is 0 Å².